The van der Waals surface area contributed by atoms with Gasteiger partial charge in [-0.1, -0.05) is 63.1 Å². The van der Waals surface area contributed by atoms with Gasteiger partial charge < -0.3 is 10.1 Å². The van der Waals surface area contributed by atoms with Crippen molar-refractivity contribution in [2.24, 2.45) is 0 Å². The Morgan fingerprint density at radius 2 is 1.97 bits per heavy atom. The molecular formula is C20H15BrCl2N2O3S2. The van der Waals surface area contributed by atoms with E-state index in [0.29, 0.717) is 42.8 Å². The monoisotopic (exact) mass is 544 g/mol. The number of carbonyl (C=O) groups excluding carboxylic acids is 2. The number of anilines is 1. The molecule has 0 unspecified atom stereocenters. The van der Waals surface area contributed by atoms with Crippen LogP contribution >= 0.6 is 63.1 Å². The highest BCUT2D eigenvalue weighted by Crippen LogP contribution is 2.35. The average molecular weight is 546 g/mol. The molecule has 1 heterocycles. The van der Waals surface area contributed by atoms with Crippen molar-refractivity contribution in [2.45, 2.75) is 6.92 Å². The largest absolute Gasteiger partial charge is 0.483 e. The molecule has 5 nitrogen and oxygen atoms in total. The van der Waals surface area contributed by atoms with Gasteiger partial charge in [0.1, 0.15) is 10.1 Å². The van der Waals surface area contributed by atoms with E-state index in [9.17, 15) is 9.59 Å². The molecule has 1 aliphatic heterocycles. The van der Waals surface area contributed by atoms with Crippen LogP contribution in [0, 0.1) is 0 Å². The predicted octanol–water partition coefficient (Wildman–Crippen LogP) is 5.99. The second-order valence-electron chi connectivity index (χ2n) is 6.10. The fourth-order valence-corrected chi connectivity index (χ4v) is 4.92. The van der Waals surface area contributed by atoms with E-state index in [2.05, 4.69) is 21.2 Å². The van der Waals surface area contributed by atoms with Crippen molar-refractivity contribution in [3.63, 3.8) is 0 Å². The van der Waals surface area contributed by atoms with Crippen LogP contribution in [0.25, 0.3) is 6.08 Å². The number of hydrogen-bond acceptors (Lipinski definition) is 5. The smallest absolute Gasteiger partial charge is 0.266 e. The Kier molecular flexibility index (Phi) is 7.81. The van der Waals surface area contributed by atoms with E-state index >= 15 is 0 Å². The van der Waals surface area contributed by atoms with E-state index in [0.717, 1.165) is 4.47 Å². The quantitative estimate of drug-likeness (QED) is 0.356. The van der Waals surface area contributed by atoms with Gasteiger partial charge in [0.05, 0.1) is 4.91 Å². The van der Waals surface area contributed by atoms with Gasteiger partial charge in [-0.05, 0) is 49.4 Å². The summed E-state index contributed by atoms with van der Waals surface area (Å²) in [4.78, 5) is 26.8. The maximum atomic E-state index is 12.5. The van der Waals surface area contributed by atoms with Crippen molar-refractivity contribution in [1.29, 1.82) is 0 Å². The first-order chi connectivity index (χ1) is 14.3. The summed E-state index contributed by atoms with van der Waals surface area (Å²) in [6.45, 7) is 2.15. The number of halogens is 3. The van der Waals surface area contributed by atoms with Gasteiger partial charge >= 0.3 is 0 Å². The molecule has 30 heavy (non-hydrogen) atoms. The van der Waals surface area contributed by atoms with Crippen LogP contribution in [0.4, 0.5) is 5.69 Å². The lowest BCUT2D eigenvalue weighted by Gasteiger charge is -2.11. The molecule has 0 atom stereocenters. The summed E-state index contributed by atoms with van der Waals surface area (Å²) in [6.07, 6.45) is 1.71. The van der Waals surface area contributed by atoms with Crippen molar-refractivity contribution < 1.29 is 14.3 Å². The molecule has 2 amide bonds. The fourth-order valence-electron chi connectivity index (χ4n) is 2.64. The molecule has 0 aromatic heterocycles. The van der Waals surface area contributed by atoms with Crippen LogP contribution < -0.4 is 10.1 Å². The van der Waals surface area contributed by atoms with Crippen molar-refractivity contribution >= 4 is 91.0 Å². The van der Waals surface area contributed by atoms with Crippen molar-refractivity contribution in [3.05, 3.63) is 61.4 Å². The van der Waals surface area contributed by atoms with Gasteiger partial charge in [-0.25, -0.2) is 0 Å². The number of ether oxygens (including phenoxy) is 1. The standard InChI is InChI=1S/C20H15BrCl2N2O3S2/c1-2-25-19(27)17(30-20(25)29)6-11-5-12(21)3-4-16(11)28-10-18(26)24-15-8-13(22)7-14(23)9-15/h3-9H,2,10H2,1H3,(H,24,26)/b17-6-. The summed E-state index contributed by atoms with van der Waals surface area (Å²) in [6, 6.07) is 10.1. The topological polar surface area (TPSA) is 58.6 Å². The Morgan fingerprint density at radius 3 is 2.60 bits per heavy atom. The molecule has 0 aliphatic carbocycles. The molecule has 1 saturated heterocycles. The Morgan fingerprint density at radius 1 is 1.27 bits per heavy atom. The molecule has 2 aromatic carbocycles. The minimum absolute atomic E-state index is 0.144. The zero-order chi connectivity index (χ0) is 21.8. The molecule has 2 aromatic rings. The summed E-state index contributed by atoms with van der Waals surface area (Å²) in [5, 5.41) is 3.51. The highest BCUT2D eigenvalue weighted by molar-refractivity contribution is 9.10. The molecule has 156 valence electrons. The Bertz CT molecular complexity index is 1040. The van der Waals surface area contributed by atoms with Crippen LogP contribution in [0.1, 0.15) is 12.5 Å². The maximum absolute atomic E-state index is 12.5. The number of thioether (sulfide) groups is 1. The van der Waals surface area contributed by atoms with Gasteiger partial charge in [0, 0.05) is 32.3 Å². The molecule has 1 fully saturated rings. The molecule has 0 bridgehead atoms. The molecule has 1 aliphatic rings. The fraction of sp³-hybridized carbons (Fsp3) is 0.150. The van der Waals surface area contributed by atoms with Crippen LogP contribution in [-0.2, 0) is 9.59 Å². The lowest BCUT2D eigenvalue weighted by molar-refractivity contribution is -0.122. The average Bonchev–Trinajstić information content (AvgIpc) is 2.93. The number of amides is 2. The van der Waals surface area contributed by atoms with Crippen molar-refractivity contribution in [3.8, 4) is 5.75 Å². The van der Waals surface area contributed by atoms with Crippen LogP contribution in [0.2, 0.25) is 10.0 Å². The predicted molar refractivity (Wildman–Crippen MR) is 130 cm³/mol. The number of benzene rings is 2. The zero-order valence-electron chi connectivity index (χ0n) is 15.6. The van der Waals surface area contributed by atoms with Crippen LogP contribution in [0.3, 0.4) is 0 Å². The van der Waals surface area contributed by atoms with Crippen LogP contribution in [-0.4, -0.2) is 34.2 Å². The second-order valence-corrected chi connectivity index (χ2v) is 9.57. The van der Waals surface area contributed by atoms with Gasteiger partial charge in [0.25, 0.3) is 11.8 Å². The first-order valence-electron chi connectivity index (χ1n) is 8.70. The molecule has 10 heteroatoms. The molecule has 0 radical (unpaired) electrons. The number of carbonyl (C=O) groups is 2. The number of likely N-dealkylation sites (N-methyl/N-ethyl adjacent to an activating group) is 1. The third-order valence-electron chi connectivity index (χ3n) is 3.95. The Labute approximate surface area is 201 Å². The lowest BCUT2D eigenvalue weighted by Crippen LogP contribution is -2.27. The van der Waals surface area contributed by atoms with Gasteiger partial charge in [0.15, 0.2) is 6.61 Å². The Balaban J connectivity index is 1.74. The highest BCUT2D eigenvalue weighted by Gasteiger charge is 2.30. The molecule has 0 saturated carbocycles. The van der Waals surface area contributed by atoms with E-state index < -0.39 is 0 Å². The number of nitrogens with one attached hydrogen (secondary N) is 1. The van der Waals surface area contributed by atoms with Gasteiger partial charge in [0.2, 0.25) is 0 Å². The summed E-state index contributed by atoms with van der Waals surface area (Å²) in [5.41, 5.74) is 1.12. The van der Waals surface area contributed by atoms with Crippen molar-refractivity contribution in [2.75, 3.05) is 18.5 Å². The maximum Gasteiger partial charge on any atom is 0.266 e. The van der Waals surface area contributed by atoms with Crippen LogP contribution in [0.15, 0.2) is 45.8 Å². The summed E-state index contributed by atoms with van der Waals surface area (Å²) in [5.74, 6) is -0.0623. The first-order valence-corrected chi connectivity index (χ1v) is 11.5. The molecule has 1 N–H and O–H groups in total. The molecular weight excluding hydrogens is 531 g/mol. The summed E-state index contributed by atoms with van der Waals surface area (Å²) >= 11 is 21.8. The van der Waals surface area contributed by atoms with E-state index in [1.807, 2.05) is 13.0 Å². The van der Waals surface area contributed by atoms with Crippen LogP contribution in [0.5, 0.6) is 5.75 Å². The summed E-state index contributed by atoms with van der Waals surface area (Å²) in [7, 11) is 0. The minimum atomic E-state index is -0.375. The zero-order valence-corrected chi connectivity index (χ0v) is 20.3. The molecule has 3 rings (SSSR count). The number of rotatable bonds is 6. The normalized spacial score (nSPS) is 15.1. The van der Waals surface area contributed by atoms with E-state index in [1.165, 1.54) is 16.7 Å². The van der Waals surface area contributed by atoms with Gasteiger partial charge in [-0.15, -0.1) is 0 Å². The third kappa shape index (κ3) is 5.76. The third-order valence-corrected chi connectivity index (χ3v) is 6.26. The highest BCUT2D eigenvalue weighted by atomic mass is 79.9. The first kappa shape index (κ1) is 23.1. The Hall–Kier alpha value is -1.58. The van der Waals surface area contributed by atoms with Crippen molar-refractivity contribution in [1.82, 2.24) is 4.90 Å². The van der Waals surface area contributed by atoms with Gasteiger partial charge in [-0.2, -0.15) is 0 Å². The SMILES string of the molecule is CCN1C(=O)/C(=C/c2cc(Br)ccc2OCC(=O)Nc2cc(Cl)cc(Cl)c2)SC1=S. The lowest BCUT2D eigenvalue weighted by atomic mass is 10.2. The minimum Gasteiger partial charge on any atom is -0.483 e. The number of hydrogen-bond donors (Lipinski definition) is 1. The van der Waals surface area contributed by atoms with Gasteiger partial charge in [-0.3, -0.25) is 14.5 Å². The van der Waals surface area contributed by atoms with E-state index in [1.54, 1.807) is 36.4 Å². The number of nitrogens with zero attached hydrogens (tertiary/aromatic N) is 1. The second kappa shape index (κ2) is 10.2. The summed E-state index contributed by atoms with van der Waals surface area (Å²) < 4.78 is 7.03. The van der Waals surface area contributed by atoms with E-state index in [-0.39, 0.29) is 18.4 Å². The molecule has 0 spiro atoms. The van der Waals surface area contributed by atoms with E-state index in [4.69, 9.17) is 40.2 Å². The number of thiocarbonyl (C=S) groups is 1.